The molecule has 1 saturated heterocycles. The first-order valence-electron chi connectivity index (χ1n) is 10.3. The highest BCUT2D eigenvalue weighted by atomic mass is 16.4. The number of hydrogen-bond donors (Lipinski definition) is 6. The van der Waals surface area contributed by atoms with Crippen LogP contribution in [0.2, 0.25) is 0 Å². The van der Waals surface area contributed by atoms with Crippen LogP contribution in [0.1, 0.15) is 46.0 Å². The SMILES string of the molecule is CC(C)CC(N)C(=O)N1CCCC1C(=O)NC(CC(N)=O)C(=O)NC(CC(N)=O)C(=O)O. The second-order valence-electron chi connectivity index (χ2n) is 8.23. The molecule has 0 aromatic rings. The zero-order valence-corrected chi connectivity index (χ0v) is 18.2. The van der Waals surface area contributed by atoms with E-state index < -0.39 is 66.6 Å². The predicted octanol–water partition coefficient (Wildman–Crippen LogP) is -2.84. The summed E-state index contributed by atoms with van der Waals surface area (Å²) in [5.74, 6) is -5.35. The summed E-state index contributed by atoms with van der Waals surface area (Å²) in [6.45, 7) is 4.14. The second kappa shape index (κ2) is 12.0. The van der Waals surface area contributed by atoms with Crippen LogP contribution in [0.15, 0.2) is 0 Å². The Kier molecular flexibility index (Phi) is 10.0. The minimum absolute atomic E-state index is 0.176. The third kappa shape index (κ3) is 8.13. The molecule has 4 unspecified atom stereocenters. The molecule has 1 aliphatic heterocycles. The van der Waals surface area contributed by atoms with E-state index in [1.165, 1.54) is 4.90 Å². The van der Waals surface area contributed by atoms with Crippen LogP contribution in [0.25, 0.3) is 0 Å². The van der Waals surface area contributed by atoms with E-state index in [4.69, 9.17) is 22.3 Å². The Labute approximate surface area is 185 Å². The topological polar surface area (TPSA) is 228 Å². The molecule has 0 bridgehead atoms. The minimum atomic E-state index is -1.65. The van der Waals surface area contributed by atoms with Gasteiger partial charge in [-0.1, -0.05) is 13.8 Å². The van der Waals surface area contributed by atoms with Crippen molar-refractivity contribution in [1.82, 2.24) is 15.5 Å². The van der Waals surface area contributed by atoms with Crippen LogP contribution < -0.4 is 27.8 Å². The molecule has 0 aromatic heterocycles. The first kappa shape index (κ1) is 26.8. The number of carboxylic acids is 1. The molecule has 9 N–H and O–H groups in total. The van der Waals surface area contributed by atoms with E-state index in [0.29, 0.717) is 25.8 Å². The van der Waals surface area contributed by atoms with Gasteiger partial charge in [-0.2, -0.15) is 0 Å². The maximum Gasteiger partial charge on any atom is 0.326 e. The van der Waals surface area contributed by atoms with Gasteiger partial charge >= 0.3 is 5.97 Å². The third-order valence-electron chi connectivity index (χ3n) is 4.94. The monoisotopic (exact) mass is 456 g/mol. The van der Waals surface area contributed by atoms with Crippen LogP contribution in [0.3, 0.4) is 0 Å². The van der Waals surface area contributed by atoms with E-state index in [1.54, 1.807) is 0 Å². The lowest BCUT2D eigenvalue weighted by Gasteiger charge is -2.28. The van der Waals surface area contributed by atoms with E-state index in [1.807, 2.05) is 13.8 Å². The Hall–Kier alpha value is -3.22. The predicted molar refractivity (Wildman–Crippen MR) is 111 cm³/mol. The van der Waals surface area contributed by atoms with Gasteiger partial charge in [0.2, 0.25) is 29.5 Å². The Balaban J connectivity index is 2.93. The van der Waals surface area contributed by atoms with Crippen molar-refractivity contribution in [1.29, 1.82) is 0 Å². The van der Waals surface area contributed by atoms with Crippen LogP contribution in [-0.2, 0) is 28.8 Å². The molecule has 13 heteroatoms. The van der Waals surface area contributed by atoms with Gasteiger partial charge in [0.1, 0.15) is 18.1 Å². The number of carboxylic acid groups (broad SMARTS) is 1. The number of rotatable bonds is 12. The van der Waals surface area contributed by atoms with Crippen molar-refractivity contribution in [2.75, 3.05) is 6.54 Å². The molecule has 180 valence electrons. The lowest BCUT2D eigenvalue weighted by molar-refractivity contribution is -0.144. The van der Waals surface area contributed by atoms with Gasteiger partial charge in [-0.25, -0.2) is 4.79 Å². The minimum Gasteiger partial charge on any atom is -0.480 e. The quantitative estimate of drug-likeness (QED) is 0.179. The Bertz CT molecular complexity index is 756. The molecule has 1 fully saturated rings. The van der Waals surface area contributed by atoms with Crippen molar-refractivity contribution >= 4 is 35.5 Å². The highest BCUT2D eigenvalue weighted by Crippen LogP contribution is 2.20. The first-order valence-corrected chi connectivity index (χ1v) is 10.3. The zero-order valence-electron chi connectivity index (χ0n) is 18.2. The van der Waals surface area contributed by atoms with Gasteiger partial charge in [0, 0.05) is 6.54 Å². The van der Waals surface area contributed by atoms with Gasteiger partial charge < -0.3 is 37.8 Å². The van der Waals surface area contributed by atoms with Gasteiger partial charge in [0.25, 0.3) is 0 Å². The summed E-state index contributed by atoms with van der Waals surface area (Å²) < 4.78 is 0. The molecule has 0 radical (unpaired) electrons. The van der Waals surface area contributed by atoms with Gasteiger partial charge in [-0.05, 0) is 25.2 Å². The summed E-state index contributed by atoms with van der Waals surface area (Å²) >= 11 is 0. The van der Waals surface area contributed by atoms with Crippen LogP contribution in [0, 0.1) is 5.92 Å². The summed E-state index contributed by atoms with van der Waals surface area (Å²) in [4.78, 5) is 73.0. The van der Waals surface area contributed by atoms with Crippen LogP contribution in [0.5, 0.6) is 0 Å². The van der Waals surface area contributed by atoms with Gasteiger partial charge in [-0.15, -0.1) is 0 Å². The maximum atomic E-state index is 12.8. The van der Waals surface area contributed by atoms with Crippen molar-refractivity contribution in [3.05, 3.63) is 0 Å². The Morgan fingerprint density at radius 2 is 1.56 bits per heavy atom. The number of carbonyl (C=O) groups is 6. The van der Waals surface area contributed by atoms with Crippen molar-refractivity contribution in [2.24, 2.45) is 23.1 Å². The molecular weight excluding hydrogens is 424 g/mol. The molecule has 13 nitrogen and oxygen atoms in total. The average Bonchev–Trinajstić information content (AvgIpc) is 3.14. The number of aliphatic carboxylic acids is 1. The summed E-state index contributed by atoms with van der Waals surface area (Å²) in [6, 6.07) is -4.83. The smallest absolute Gasteiger partial charge is 0.326 e. The molecule has 4 atom stereocenters. The highest BCUT2D eigenvalue weighted by Gasteiger charge is 2.38. The fourth-order valence-electron chi connectivity index (χ4n) is 3.48. The number of amides is 5. The van der Waals surface area contributed by atoms with Gasteiger partial charge in [0.15, 0.2) is 0 Å². The Morgan fingerprint density at radius 3 is 2.06 bits per heavy atom. The van der Waals surface area contributed by atoms with Gasteiger partial charge in [0.05, 0.1) is 18.9 Å². The first-order chi connectivity index (χ1) is 14.8. The van der Waals surface area contributed by atoms with Crippen LogP contribution in [-0.4, -0.2) is 76.2 Å². The van der Waals surface area contributed by atoms with Crippen LogP contribution in [0.4, 0.5) is 0 Å². The summed E-state index contributed by atoms with van der Waals surface area (Å²) in [7, 11) is 0. The van der Waals surface area contributed by atoms with E-state index in [9.17, 15) is 28.8 Å². The number of nitrogens with one attached hydrogen (secondary N) is 2. The third-order valence-corrected chi connectivity index (χ3v) is 4.94. The number of nitrogens with two attached hydrogens (primary N) is 3. The fraction of sp³-hybridized carbons (Fsp3) is 0.684. The molecule has 0 spiro atoms. The number of nitrogens with zero attached hydrogens (tertiary/aromatic N) is 1. The normalized spacial score (nSPS) is 18.5. The second-order valence-corrected chi connectivity index (χ2v) is 8.23. The Morgan fingerprint density at radius 1 is 1.00 bits per heavy atom. The van der Waals surface area contributed by atoms with Gasteiger partial charge in [-0.3, -0.25) is 24.0 Å². The lowest BCUT2D eigenvalue weighted by atomic mass is 10.0. The highest BCUT2D eigenvalue weighted by molar-refractivity contribution is 5.97. The molecular formula is C19H32N6O7. The van der Waals surface area contributed by atoms with Crippen molar-refractivity contribution in [3.8, 4) is 0 Å². The number of hydrogen-bond acceptors (Lipinski definition) is 7. The van der Waals surface area contributed by atoms with E-state index in [0.717, 1.165) is 0 Å². The summed E-state index contributed by atoms with van der Waals surface area (Å²) in [5.41, 5.74) is 16.1. The maximum absolute atomic E-state index is 12.8. The fourth-order valence-corrected chi connectivity index (χ4v) is 3.48. The lowest BCUT2D eigenvalue weighted by Crippen LogP contribution is -2.57. The molecule has 1 rings (SSSR count). The van der Waals surface area contributed by atoms with E-state index in [-0.39, 0.29) is 11.8 Å². The van der Waals surface area contributed by atoms with Crippen molar-refractivity contribution < 1.29 is 33.9 Å². The van der Waals surface area contributed by atoms with Crippen molar-refractivity contribution in [2.45, 2.75) is 70.1 Å². The summed E-state index contributed by atoms with van der Waals surface area (Å²) in [5, 5.41) is 13.6. The van der Waals surface area contributed by atoms with E-state index >= 15 is 0 Å². The van der Waals surface area contributed by atoms with Crippen molar-refractivity contribution in [3.63, 3.8) is 0 Å². The molecule has 32 heavy (non-hydrogen) atoms. The number of carbonyl (C=O) groups excluding carboxylic acids is 5. The summed E-state index contributed by atoms with van der Waals surface area (Å²) in [6.07, 6.45) is 0.0126. The zero-order chi connectivity index (χ0) is 24.6. The van der Waals surface area contributed by atoms with E-state index in [2.05, 4.69) is 10.6 Å². The molecule has 0 aliphatic carbocycles. The molecule has 1 heterocycles. The number of primary amides is 2. The molecule has 0 aromatic carbocycles. The molecule has 5 amide bonds. The largest absolute Gasteiger partial charge is 0.480 e. The molecule has 0 saturated carbocycles. The van der Waals surface area contributed by atoms with Crippen LogP contribution >= 0.6 is 0 Å². The standard InChI is InChI=1S/C19H32N6O7/c1-9(2)6-10(20)18(30)25-5-3-4-13(25)17(29)23-11(7-14(21)26)16(28)24-12(19(31)32)8-15(22)27/h9-13H,3-8,20H2,1-2H3,(H2,21,26)(H2,22,27)(H,23,29)(H,24,28)(H,31,32). The number of likely N-dealkylation sites (tertiary alicyclic amines) is 1. The molecule has 1 aliphatic rings. The average molecular weight is 457 g/mol.